The van der Waals surface area contributed by atoms with Crippen molar-refractivity contribution in [2.24, 2.45) is 0 Å². The van der Waals surface area contributed by atoms with E-state index in [9.17, 15) is 4.79 Å². The summed E-state index contributed by atoms with van der Waals surface area (Å²) in [6.45, 7) is 9.07. The molecule has 0 aliphatic rings. The molecule has 0 aromatic heterocycles. The van der Waals surface area contributed by atoms with Gasteiger partial charge in [-0.25, -0.2) is 4.79 Å². The maximum atomic E-state index is 11.2. The molecular formula is C8H15ClN2O. The van der Waals surface area contributed by atoms with Gasteiger partial charge in [-0.2, -0.15) is 0 Å². The van der Waals surface area contributed by atoms with Crippen molar-refractivity contribution in [1.82, 2.24) is 10.2 Å². The Kier molecular flexibility index (Phi) is 5.54. The number of amides is 2. The monoisotopic (exact) mass is 190 g/mol. The summed E-state index contributed by atoms with van der Waals surface area (Å²) in [6.07, 6.45) is 0. The molecule has 0 rings (SSSR count). The molecule has 0 radical (unpaired) electrons. The minimum Gasteiger partial charge on any atom is -0.333 e. The molecule has 0 saturated heterocycles. The Labute approximate surface area is 78.4 Å². The largest absolute Gasteiger partial charge is 0.333 e. The molecule has 0 spiro atoms. The van der Waals surface area contributed by atoms with E-state index in [4.69, 9.17) is 11.6 Å². The second kappa shape index (κ2) is 5.89. The Hall–Kier alpha value is -0.700. The summed E-state index contributed by atoms with van der Waals surface area (Å²) in [7, 11) is 0. The Bertz CT molecular complexity index is 166. The lowest BCUT2D eigenvalue weighted by molar-refractivity contribution is 0.204. The quantitative estimate of drug-likeness (QED) is 0.721. The van der Waals surface area contributed by atoms with Crippen molar-refractivity contribution in [3.05, 3.63) is 11.6 Å². The first-order chi connectivity index (χ1) is 5.61. The number of halogens is 1. The lowest BCUT2D eigenvalue weighted by Crippen LogP contribution is -2.40. The lowest BCUT2D eigenvalue weighted by Gasteiger charge is -2.18. The van der Waals surface area contributed by atoms with Crippen LogP contribution in [-0.2, 0) is 0 Å². The molecule has 0 unspecified atom stereocenters. The number of carbonyl (C=O) groups excluding carboxylic acids is 1. The number of hydrogen-bond acceptors (Lipinski definition) is 1. The average Bonchev–Trinajstić information content (AvgIpc) is 2.03. The first-order valence-electron chi connectivity index (χ1n) is 3.97. The highest BCUT2D eigenvalue weighted by Gasteiger charge is 2.07. The van der Waals surface area contributed by atoms with Gasteiger partial charge in [-0.1, -0.05) is 18.2 Å². The van der Waals surface area contributed by atoms with Crippen LogP contribution in [0.2, 0.25) is 0 Å². The Morgan fingerprint density at radius 3 is 2.33 bits per heavy atom. The first kappa shape index (κ1) is 11.3. The van der Waals surface area contributed by atoms with Gasteiger partial charge in [0.25, 0.3) is 0 Å². The lowest BCUT2D eigenvalue weighted by atomic mass is 10.5. The smallest absolute Gasteiger partial charge is 0.317 e. The van der Waals surface area contributed by atoms with Crippen LogP contribution >= 0.6 is 11.6 Å². The van der Waals surface area contributed by atoms with Gasteiger partial charge >= 0.3 is 6.03 Å². The van der Waals surface area contributed by atoms with Gasteiger partial charge in [-0.3, -0.25) is 0 Å². The van der Waals surface area contributed by atoms with Crippen molar-refractivity contribution in [1.29, 1.82) is 0 Å². The highest BCUT2D eigenvalue weighted by molar-refractivity contribution is 6.29. The average molecular weight is 191 g/mol. The van der Waals surface area contributed by atoms with Gasteiger partial charge in [0, 0.05) is 18.1 Å². The predicted molar refractivity (Wildman–Crippen MR) is 51.3 cm³/mol. The third kappa shape index (κ3) is 4.23. The van der Waals surface area contributed by atoms with Crippen LogP contribution < -0.4 is 5.32 Å². The maximum absolute atomic E-state index is 11.2. The van der Waals surface area contributed by atoms with Crippen LogP contribution in [-0.4, -0.2) is 30.6 Å². The first-order valence-corrected chi connectivity index (χ1v) is 4.35. The third-order valence-corrected chi connectivity index (χ3v) is 1.62. The summed E-state index contributed by atoms with van der Waals surface area (Å²) in [6, 6.07) is -0.0956. The van der Waals surface area contributed by atoms with Crippen LogP contribution in [0.4, 0.5) is 4.79 Å². The van der Waals surface area contributed by atoms with Crippen LogP contribution in [0, 0.1) is 0 Å². The molecule has 0 aliphatic heterocycles. The van der Waals surface area contributed by atoms with Gasteiger partial charge in [0.15, 0.2) is 0 Å². The summed E-state index contributed by atoms with van der Waals surface area (Å²) in [5, 5.41) is 3.08. The van der Waals surface area contributed by atoms with Crippen LogP contribution in [0.5, 0.6) is 0 Å². The van der Waals surface area contributed by atoms with Gasteiger partial charge < -0.3 is 10.2 Å². The number of nitrogens with one attached hydrogen (secondary N) is 1. The fourth-order valence-electron chi connectivity index (χ4n) is 0.794. The zero-order valence-corrected chi connectivity index (χ0v) is 8.32. The SMILES string of the molecule is C=C(Cl)CNC(=O)N(CC)CC. The van der Waals surface area contributed by atoms with Gasteiger partial charge in [0.05, 0.1) is 6.54 Å². The highest BCUT2D eigenvalue weighted by Crippen LogP contribution is 1.94. The molecule has 0 bridgehead atoms. The van der Waals surface area contributed by atoms with E-state index in [1.54, 1.807) is 4.90 Å². The Morgan fingerprint density at radius 1 is 1.50 bits per heavy atom. The van der Waals surface area contributed by atoms with E-state index in [-0.39, 0.29) is 6.03 Å². The zero-order chi connectivity index (χ0) is 9.56. The van der Waals surface area contributed by atoms with E-state index in [1.807, 2.05) is 13.8 Å². The van der Waals surface area contributed by atoms with Gasteiger partial charge in [-0.05, 0) is 13.8 Å². The number of carbonyl (C=O) groups is 1. The van der Waals surface area contributed by atoms with E-state index in [0.29, 0.717) is 24.7 Å². The topological polar surface area (TPSA) is 32.3 Å². The molecule has 0 aromatic rings. The van der Waals surface area contributed by atoms with Crippen molar-refractivity contribution in [3.8, 4) is 0 Å². The predicted octanol–water partition coefficient (Wildman–Crippen LogP) is 1.79. The molecule has 0 fully saturated rings. The van der Waals surface area contributed by atoms with E-state index >= 15 is 0 Å². The summed E-state index contributed by atoms with van der Waals surface area (Å²) in [5.41, 5.74) is 0. The van der Waals surface area contributed by atoms with Gasteiger partial charge in [-0.15, -0.1) is 0 Å². The number of hydrogen-bond donors (Lipinski definition) is 1. The van der Waals surface area contributed by atoms with E-state index in [0.717, 1.165) is 0 Å². The summed E-state index contributed by atoms with van der Waals surface area (Å²) in [4.78, 5) is 12.9. The standard InChI is InChI=1S/C8H15ClN2O/c1-4-11(5-2)8(12)10-6-7(3)9/h3-6H2,1-2H3,(H,10,12). The van der Waals surface area contributed by atoms with Gasteiger partial charge in [0.2, 0.25) is 0 Å². The molecule has 3 nitrogen and oxygen atoms in total. The minimum absolute atomic E-state index is 0.0956. The molecule has 1 N–H and O–H groups in total. The number of rotatable bonds is 4. The normalized spacial score (nSPS) is 9.25. The maximum Gasteiger partial charge on any atom is 0.317 e. The third-order valence-electron chi connectivity index (χ3n) is 1.48. The summed E-state index contributed by atoms with van der Waals surface area (Å²) >= 11 is 5.49. The zero-order valence-electron chi connectivity index (χ0n) is 7.56. The summed E-state index contributed by atoms with van der Waals surface area (Å²) in [5.74, 6) is 0. The van der Waals surface area contributed by atoms with E-state index in [1.165, 1.54) is 0 Å². The van der Waals surface area contributed by atoms with Crippen molar-refractivity contribution in [2.75, 3.05) is 19.6 Å². The molecule has 70 valence electrons. The summed E-state index contributed by atoms with van der Waals surface area (Å²) < 4.78 is 0. The highest BCUT2D eigenvalue weighted by atomic mass is 35.5. The molecule has 0 aliphatic carbocycles. The van der Waals surface area contributed by atoms with E-state index < -0.39 is 0 Å². The molecule has 0 aromatic carbocycles. The molecule has 0 saturated carbocycles. The van der Waals surface area contributed by atoms with Crippen molar-refractivity contribution < 1.29 is 4.79 Å². The molecule has 0 atom stereocenters. The Morgan fingerprint density at radius 2 is 2.00 bits per heavy atom. The Balaban J connectivity index is 3.77. The molecule has 2 amide bonds. The van der Waals surface area contributed by atoms with Crippen LogP contribution in [0.1, 0.15) is 13.8 Å². The second-order valence-electron chi connectivity index (χ2n) is 2.35. The fourth-order valence-corrected chi connectivity index (χ4v) is 0.861. The van der Waals surface area contributed by atoms with E-state index in [2.05, 4.69) is 11.9 Å². The van der Waals surface area contributed by atoms with Crippen molar-refractivity contribution in [2.45, 2.75) is 13.8 Å². The fraction of sp³-hybridized carbons (Fsp3) is 0.625. The molecule has 0 heterocycles. The van der Waals surface area contributed by atoms with Crippen LogP contribution in [0.3, 0.4) is 0 Å². The van der Waals surface area contributed by atoms with Crippen molar-refractivity contribution >= 4 is 17.6 Å². The number of urea groups is 1. The van der Waals surface area contributed by atoms with Gasteiger partial charge in [0.1, 0.15) is 0 Å². The molecule has 4 heteroatoms. The van der Waals surface area contributed by atoms with Crippen LogP contribution in [0.15, 0.2) is 11.6 Å². The molecular weight excluding hydrogens is 176 g/mol. The molecule has 12 heavy (non-hydrogen) atoms. The van der Waals surface area contributed by atoms with Crippen LogP contribution in [0.25, 0.3) is 0 Å². The minimum atomic E-state index is -0.0956. The number of nitrogens with zero attached hydrogens (tertiary/aromatic N) is 1. The second-order valence-corrected chi connectivity index (χ2v) is 2.88. The van der Waals surface area contributed by atoms with Crippen molar-refractivity contribution in [3.63, 3.8) is 0 Å².